The van der Waals surface area contributed by atoms with Gasteiger partial charge in [0.05, 0.1) is 12.3 Å². The van der Waals surface area contributed by atoms with Crippen molar-refractivity contribution < 1.29 is 23.9 Å². The number of barbiturate groups is 1. The van der Waals surface area contributed by atoms with Gasteiger partial charge in [0, 0.05) is 16.1 Å². The Morgan fingerprint density at radius 3 is 2.44 bits per heavy atom. The first-order valence-corrected chi connectivity index (χ1v) is 12.9. The number of benzene rings is 3. The zero-order chi connectivity index (χ0) is 28.1. The minimum atomic E-state index is -0.795. The second-order valence-corrected chi connectivity index (χ2v) is 9.45. The molecule has 1 saturated heterocycles. The number of hydrogen-bond acceptors (Lipinski definition) is 5. The Kier molecular flexibility index (Phi) is 8.52. The number of imide groups is 2. The zero-order valence-corrected chi connectivity index (χ0v) is 22.8. The Labute approximate surface area is 232 Å². The van der Waals surface area contributed by atoms with Crippen LogP contribution in [0.15, 0.2) is 72.8 Å². The van der Waals surface area contributed by atoms with Crippen LogP contribution in [0.1, 0.15) is 34.7 Å². The molecule has 8 heteroatoms. The summed E-state index contributed by atoms with van der Waals surface area (Å²) in [6.45, 7) is 10.1. The van der Waals surface area contributed by atoms with Crippen LogP contribution in [0.5, 0.6) is 11.5 Å². The van der Waals surface area contributed by atoms with E-state index >= 15 is 0 Å². The molecule has 0 spiro atoms. The number of urea groups is 1. The molecule has 0 atom stereocenters. The van der Waals surface area contributed by atoms with Crippen LogP contribution < -0.4 is 19.7 Å². The molecular weight excluding hydrogens is 516 g/mol. The van der Waals surface area contributed by atoms with E-state index in [1.807, 2.05) is 45.0 Å². The first-order chi connectivity index (χ1) is 18.7. The Morgan fingerprint density at radius 2 is 1.74 bits per heavy atom. The van der Waals surface area contributed by atoms with Crippen LogP contribution in [0.3, 0.4) is 0 Å². The monoisotopic (exact) mass is 544 g/mol. The number of anilines is 1. The molecule has 1 fully saturated rings. The highest BCUT2D eigenvalue weighted by Crippen LogP contribution is 2.36. The molecule has 0 saturated carbocycles. The Bertz CT molecular complexity index is 1490. The van der Waals surface area contributed by atoms with Crippen LogP contribution in [0.2, 0.25) is 5.02 Å². The molecule has 200 valence electrons. The number of hydrogen-bond donors (Lipinski definition) is 1. The molecule has 4 rings (SSSR count). The summed E-state index contributed by atoms with van der Waals surface area (Å²) < 4.78 is 12.0. The lowest BCUT2D eigenvalue weighted by molar-refractivity contribution is -0.122. The summed E-state index contributed by atoms with van der Waals surface area (Å²) in [5, 5.41) is 2.86. The molecular formula is C31H29ClN2O5. The maximum Gasteiger partial charge on any atom is 0.335 e. The molecule has 0 bridgehead atoms. The predicted octanol–water partition coefficient (Wildman–Crippen LogP) is 6.33. The summed E-state index contributed by atoms with van der Waals surface area (Å²) in [5.41, 5.74) is 4.24. The number of halogens is 1. The second kappa shape index (κ2) is 12.0. The van der Waals surface area contributed by atoms with Crippen molar-refractivity contribution >= 4 is 41.2 Å². The quantitative estimate of drug-likeness (QED) is 0.193. The maximum absolute atomic E-state index is 13.4. The standard InChI is InChI=1S/C31H29ClN2O5/c1-5-9-22-15-21(17-27(38-6-2)28(22)39-18-23-10-7-8-11-26(23)32)16-25-29(35)33-31(37)34(30(25)36)24-13-12-19(3)20(4)14-24/h5,7-8,10-17H,1,6,9,18H2,2-4H3,(H,33,35,37)/b25-16+. The van der Waals surface area contributed by atoms with Crippen molar-refractivity contribution in [3.05, 3.63) is 106 Å². The van der Waals surface area contributed by atoms with E-state index in [9.17, 15) is 14.4 Å². The second-order valence-electron chi connectivity index (χ2n) is 9.04. The lowest BCUT2D eigenvalue weighted by Crippen LogP contribution is -2.54. The number of amides is 4. The van der Waals surface area contributed by atoms with Crippen molar-refractivity contribution in [1.29, 1.82) is 0 Å². The predicted molar refractivity (Wildman–Crippen MR) is 152 cm³/mol. The molecule has 1 N–H and O–H groups in total. The van der Waals surface area contributed by atoms with E-state index in [0.29, 0.717) is 40.8 Å². The van der Waals surface area contributed by atoms with Crippen LogP contribution in [-0.4, -0.2) is 24.5 Å². The molecule has 3 aromatic rings. The average molecular weight is 545 g/mol. The van der Waals surface area contributed by atoms with Crippen LogP contribution in [0.25, 0.3) is 6.08 Å². The van der Waals surface area contributed by atoms with Gasteiger partial charge in [0.25, 0.3) is 11.8 Å². The molecule has 7 nitrogen and oxygen atoms in total. The zero-order valence-electron chi connectivity index (χ0n) is 22.0. The number of allylic oxidation sites excluding steroid dienone is 1. The molecule has 0 aromatic heterocycles. The summed E-state index contributed by atoms with van der Waals surface area (Å²) in [6, 6.07) is 15.3. The largest absolute Gasteiger partial charge is 0.490 e. The topological polar surface area (TPSA) is 84.9 Å². The molecule has 0 radical (unpaired) electrons. The van der Waals surface area contributed by atoms with Crippen molar-refractivity contribution in [2.45, 2.75) is 33.8 Å². The summed E-state index contributed by atoms with van der Waals surface area (Å²) in [6.07, 6.45) is 3.62. The number of rotatable bonds is 9. The first kappa shape index (κ1) is 27.7. The van der Waals surface area contributed by atoms with Gasteiger partial charge >= 0.3 is 6.03 Å². The fourth-order valence-corrected chi connectivity index (χ4v) is 4.38. The third-order valence-electron chi connectivity index (χ3n) is 6.31. The minimum Gasteiger partial charge on any atom is -0.490 e. The summed E-state index contributed by atoms with van der Waals surface area (Å²) in [4.78, 5) is 39.8. The third kappa shape index (κ3) is 6.04. The average Bonchev–Trinajstić information content (AvgIpc) is 2.89. The van der Waals surface area contributed by atoms with Crippen molar-refractivity contribution in [3.8, 4) is 11.5 Å². The van der Waals surface area contributed by atoms with E-state index in [1.165, 1.54) is 6.08 Å². The highest BCUT2D eigenvalue weighted by molar-refractivity contribution is 6.39. The van der Waals surface area contributed by atoms with Gasteiger partial charge in [-0.3, -0.25) is 14.9 Å². The van der Waals surface area contributed by atoms with Gasteiger partial charge in [-0.1, -0.05) is 41.9 Å². The molecule has 39 heavy (non-hydrogen) atoms. The normalized spacial score (nSPS) is 14.4. The summed E-state index contributed by atoms with van der Waals surface area (Å²) in [7, 11) is 0. The van der Waals surface area contributed by atoms with E-state index in [-0.39, 0.29) is 12.2 Å². The Hall–Kier alpha value is -4.36. The third-order valence-corrected chi connectivity index (χ3v) is 6.68. The molecule has 3 aromatic carbocycles. The lowest BCUT2D eigenvalue weighted by atomic mass is 10.0. The number of carbonyl (C=O) groups excluding carboxylic acids is 3. The fourth-order valence-electron chi connectivity index (χ4n) is 4.19. The van der Waals surface area contributed by atoms with Gasteiger partial charge in [0.2, 0.25) is 0 Å². The molecule has 1 aliphatic rings. The number of nitrogens with one attached hydrogen (secondary N) is 1. The van der Waals surface area contributed by atoms with Gasteiger partial charge in [-0.2, -0.15) is 0 Å². The van der Waals surface area contributed by atoms with Gasteiger partial charge in [0.15, 0.2) is 11.5 Å². The van der Waals surface area contributed by atoms with Crippen LogP contribution in [0, 0.1) is 13.8 Å². The van der Waals surface area contributed by atoms with E-state index in [1.54, 1.807) is 36.4 Å². The van der Waals surface area contributed by atoms with E-state index in [2.05, 4.69) is 11.9 Å². The summed E-state index contributed by atoms with van der Waals surface area (Å²) in [5.74, 6) is -0.520. The maximum atomic E-state index is 13.4. The van der Waals surface area contributed by atoms with Gasteiger partial charge in [0.1, 0.15) is 12.2 Å². The number of carbonyl (C=O) groups is 3. The van der Waals surface area contributed by atoms with Crippen molar-refractivity contribution in [2.24, 2.45) is 0 Å². The fraction of sp³-hybridized carbons (Fsp3) is 0.194. The summed E-state index contributed by atoms with van der Waals surface area (Å²) >= 11 is 6.30. The van der Waals surface area contributed by atoms with Gasteiger partial charge < -0.3 is 9.47 Å². The number of aryl methyl sites for hydroxylation is 2. The van der Waals surface area contributed by atoms with Crippen molar-refractivity contribution in [3.63, 3.8) is 0 Å². The first-order valence-electron chi connectivity index (χ1n) is 12.5. The smallest absolute Gasteiger partial charge is 0.335 e. The van der Waals surface area contributed by atoms with Crippen LogP contribution in [-0.2, 0) is 22.6 Å². The van der Waals surface area contributed by atoms with E-state index < -0.39 is 17.8 Å². The molecule has 0 unspecified atom stereocenters. The van der Waals surface area contributed by atoms with Gasteiger partial charge in [-0.25, -0.2) is 9.69 Å². The highest BCUT2D eigenvalue weighted by atomic mass is 35.5. The molecule has 1 heterocycles. The van der Waals surface area contributed by atoms with Gasteiger partial charge in [-0.15, -0.1) is 6.58 Å². The Morgan fingerprint density at radius 1 is 0.974 bits per heavy atom. The van der Waals surface area contributed by atoms with E-state index in [0.717, 1.165) is 27.2 Å². The highest BCUT2D eigenvalue weighted by Gasteiger charge is 2.37. The number of nitrogens with zero attached hydrogens (tertiary/aromatic N) is 1. The SMILES string of the molecule is C=CCc1cc(/C=C2\C(=O)NC(=O)N(c3ccc(C)c(C)c3)C2=O)cc(OCC)c1OCc1ccccc1Cl. The molecule has 4 amide bonds. The van der Waals surface area contributed by atoms with E-state index in [4.69, 9.17) is 21.1 Å². The minimum absolute atomic E-state index is 0.176. The molecule has 1 aliphatic heterocycles. The number of ether oxygens (including phenoxy) is 2. The van der Waals surface area contributed by atoms with Crippen molar-refractivity contribution in [2.75, 3.05) is 11.5 Å². The van der Waals surface area contributed by atoms with Crippen LogP contribution in [0.4, 0.5) is 10.5 Å². The Balaban J connectivity index is 1.73. The lowest BCUT2D eigenvalue weighted by Gasteiger charge is -2.27. The van der Waals surface area contributed by atoms with Gasteiger partial charge in [-0.05, 0) is 80.3 Å². The molecule has 0 aliphatic carbocycles. The van der Waals surface area contributed by atoms with Crippen molar-refractivity contribution in [1.82, 2.24) is 5.32 Å². The van der Waals surface area contributed by atoms with Crippen LogP contribution >= 0.6 is 11.6 Å².